The lowest BCUT2D eigenvalue weighted by molar-refractivity contribution is -0.172. The van der Waals surface area contributed by atoms with Gasteiger partial charge >= 0.3 is 17.9 Å². The third-order valence-electron chi connectivity index (χ3n) is 2.38. The van der Waals surface area contributed by atoms with Gasteiger partial charge in [-0.3, -0.25) is 9.59 Å². The first-order chi connectivity index (χ1) is 8.33. The van der Waals surface area contributed by atoms with Crippen molar-refractivity contribution >= 4 is 17.9 Å². The van der Waals surface area contributed by atoms with Crippen molar-refractivity contribution in [3.63, 3.8) is 0 Å². The van der Waals surface area contributed by atoms with Gasteiger partial charge in [0.15, 0.2) is 5.60 Å². The zero-order valence-electron chi connectivity index (χ0n) is 9.50. The molecule has 2 atom stereocenters. The van der Waals surface area contributed by atoms with E-state index in [0.717, 1.165) is 0 Å². The van der Waals surface area contributed by atoms with Crippen molar-refractivity contribution in [2.75, 3.05) is 13.2 Å². The Hall–Kier alpha value is -1.67. The lowest BCUT2D eigenvalue weighted by atomic mass is 9.96. The maximum Gasteiger partial charge on any atom is 0.336 e. The van der Waals surface area contributed by atoms with Crippen molar-refractivity contribution in [3.05, 3.63) is 0 Å². The summed E-state index contributed by atoms with van der Waals surface area (Å²) in [5.74, 6) is -4.24. The van der Waals surface area contributed by atoms with Crippen LogP contribution in [-0.4, -0.2) is 58.1 Å². The van der Waals surface area contributed by atoms with Gasteiger partial charge < -0.3 is 24.8 Å². The van der Waals surface area contributed by atoms with Gasteiger partial charge in [0, 0.05) is 6.42 Å². The van der Waals surface area contributed by atoms with E-state index in [2.05, 4.69) is 4.74 Å². The molecule has 1 aliphatic rings. The average molecular weight is 262 g/mol. The number of carboxylic acids is 2. The Balaban J connectivity index is 2.40. The van der Waals surface area contributed by atoms with E-state index in [4.69, 9.17) is 14.9 Å². The van der Waals surface area contributed by atoms with E-state index in [1.807, 2.05) is 0 Å². The fourth-order valence-electron chi connectivity index (χ4n) is 1.29. The Morgan fingerprint density at radius 3 is 2.33 bits per heavy atom. The maximum atomic E-state index is 11.3. The Morgan fingerprint density at radius 1 is 1.28 bits per heavy atom. The molecule has 0 aromatic carbocycles. The number of carbonyl (C=O) groups is 3. The maximum absolute atomic E-state index is 11.3. The second kappa shape index (κ2) is 5.78. The zero-order valence-corrected chi connectivity index (χ0v) is 9.50. The minimum absolute atomic E-state index is 0.0479. The van der Waals surface area contributed by atoms with Crippen LogP contribution in [0.15, 0.2) is 0 Å². The standard InChI is InChI=1S/C10H14O8/c11-7(12)3-10(16,9(14)15)4-8(13)17-2-1-6-5-18-6/h6,16H,1-5H2,(H,11,12)(H,14,15). The van der Waals surface area contributed by atoms with Crippen molar-refractivity contribution in [1.82, 2.24) is 0 Å². The second-order valence-electron chi connectivity index (χ2n) is 4.05. The molecular formula is C10H14O8. The Kier molecular flexibility index (Phi) is 4.62. The van der Waals surface area contributed by atoms with Gasteiger partial charge in [-0.1, -0.05) is 0 Å². The summed E-state index contributed by atoms with van der Waals surface area (Å²) in [6, 6.07) is 0. The zero-order chi connectivity index (χ0) is 13.8. The topological polar surface area (TPSA) is 134 Å². The number of esters is 1. The predicted molar refractivity (Wildman–Crippen MR) is 54.8 cm³/mol. The Morgan fingerprint density at radius 2 is 1.89 bits per heavy atom. The summed E-state index contributed by atoms with van der Waals surface area (Å²) in [6.45, 7) is 0.655. The van der Waals surface area contributed by atoms with Crippen molar-refractivity contribution in [2.45, 2.75) is 31.0 Å². The molecule has 102 valence electrons. The molecular weight excluding hydrogens is 248 g/mol. The Labute approximate surface area is 102 Å². The molecule has 2 unspecified atom stereocenters. The van der Waals surface area contributed by atoms with Crippen molar-refractivity contribution in [1.29, 1.82) is 0 Å². The predicted octanol–water partition coefficient (Wildman–Crippen LogP) is -1.00. The normalized spacial score (nSPS) is 20.8. The molecule has 0 aromatic rings. The molecule has 0 amide bonds. The molecule has 1 fully saturated rings. The summed E-state index contributed by atoms with van der Waals surface area (Å²) >= 11 is 0. The molecule has 0 aliphatic carbocycles. The fourth-order valence-corrected chi connectivity index (χ4v) is 1.29. The number of carboxylic acid groups (broad SMARTS) is 2. The summed E-state index contributed by atoms with van der Waals surface area (Å²) in [5.41, 5.74) is -2.64. The summed E-state index contributed by atoms with van der Waals surface area (Å²) < 4.78 is 9.55. The number of carbonyl (C=O) groups excluding carboxylic acids is 1. The van der Waals surface area contributed by atoms with E-state index in [-0.39, 0.29) is 12.7 Å². The van der Waals surface area contributed by atoms with Gasteiger partial charge in [-0.25, -0.2) is 4.79 Å². The van der Waals surface area contributed by atoms with Crippen LogP contribution in [0, 0.1) is 0 Å². The average Bonchev–Trinajstić information content (AvgIpc) is 2.99. The van der Waals surface area contributed by atoms with E-state index in [9.17, 15) is 19.5 Å². The van der Waals surface area contributed by atoms with Crippen LogP contribution in [0.4, 0.5) is 0 Å². The van der Waals surface area contributed by atoms with Crippen molar-refractivity contribution in [3.8, 4) is 0 Å². The van der Waals surface area contributed by atoms with E-state index >= 15 is 0 Å². The summed E-state index contributed by atoms with van der Waals surface area (Å²) in [6.07, 6.45) is -1.41. The smallest absolute Gasteiger partial charge is 0.336 e. The van der Waals surface area contributed by atoms with Crippen LogP contribution in [0.2, 0.25) is 0 Å². The van der Waals surface area contributed by atoms with Gasteiger partial charge in [0.05, 0.1) is 32.2 Å². The minimum atomic E-state index is -2.64. The molecule has 0 radical (unpaired) electrons. The number of rotatable bonds is 8. The van der Waals surface area contributed by atoms with Crippen molar-refractivity contribution < 1.29 is 39.2 Å². The van der Waals surface area contributed by atoms with Gasteiger partial charge in [0.25, 0.3) is 0 Å². The monoisotopic (exact) mass is 262 g/mol. The summed E-state index contributed by atoms with van der Waals surface area (Å²) in [5, 5.41) is 26.7. The highest BCUT2D eigenvalue weighted by molar-refractivity contribution is 5.88. The van der Waals surface area contributed by atoms with Crippen LogP contribution in [0.3, 0.4) is 0 Å². The van der Waals surface area contributed by atoms with E-state index in [1.54, 1.807) is 0 Å². The van der Waals surface area contributed by atoms with Crippen LogP contribution in [0.25, 0.3) is 0 Å². The van der Waals surface area contributed by atoms with Crippen molar-refractivity contribution in [2.24, 2.45) is 0 Å². The lowest BCUT2D eigenvalue weighted by Crippen LogP contribution is -2.43. The van der Waals surface area contributed by atoms with E-state index in [0.29, 0.717) is 13.0 Å². The molecule has 1 saturated heterocycles. The molecule has 1 heterocycles. The SMILES string of the molecule is O=C(O)CC(O)(CC(=O)OCCC1CO1)C(=O)O. The van der Waals surface area contributed by atoms with E-state index in [1.165, 1.54) is 0 Å². The third-order valence-corrected chi connectivity index (χ3v) is 2.38. The Bertz CT molecular complexity index is 348. The minimum Gasteiger partial charge on any atom is -0.481 e. The van der Waals surface area contributed by atoms with Gasteiger partial charge in [0.1, 0.15) is 0 Å². The number of ether oxygens (including phenoxy) is 2. The van der Waals surface area contributed by atoms with Crippen LogP contribution in [0.1, 0.15) is 19.3 Å². The lowest BCUT2D eigenvalue weighted by Gasteiger charge is -2.20. The molecule has 18 heavy (non-hydrogen) atoms. The summed E-state index contributed by atoms with van der Waals surface area (Å²) in [4.78, 5) is 32.4. The molecule has 0 aromatic heterocycles. The van der Waals surface area contributed by atoms with Gasteiger partial charge in [0.2, 0.25) is 0 Å². The fraction of sp³-hybridized carbons (Fsp3) is 0.700. The molecule has 1 rings (SSSR count). The number of hydrogen-bond acceptors (Lipinski definition) is 6. The third kappa shape index (κ3) is 4.68. The molecule has 0 bridgehead atoms. The molecule has 1 aliphatic heterocycles. The van der Waals surface area contributed by atoms with E-state index < -0.39 is 36.4 Å². The first-order valence-corrected chi connectivity index (χ1v) is 5.28. The molecule has 0 spiro atoms. The quantitative estimate of drug-likeness (QED) is 0.374. The van der Waals surface area contributed by atoms with Crippen LogP contribution in [0.5, 0.6) is 0 Å². The molecule has 0 saturated carbocycles. The summed E-state index contributed by atoms with van der Waals surface area (Å²) in [7, 11) is 0. The second-order valence-corrected chi connectivity index (χ2v) is 4.05. The largest absolute Gasteiger partial charge is 0.481 e. The van der Waals surface area contributed by atoms with Gasteiger partial charge in [-0.2, -0.15) is 0 Å². The number of aliphatic carboxylic acids is 2. The highest BCUT2D eigenvalue weighted by Gasteiger charge is 2.41. The first-order valence-electron chi connectivity index (χ1n) is 5.28. The van der Waals surface area contributed by atoms with Crippen LogP contribution >= 0.6 is 0 Å². The number of aliphatic hydroxyl groups is 1. The highest BCUT2D eigenvalue weighted by atomic mass is 16.6. The van der Waals surface area contributed by atoms with Crippen LogP contribution < -0.4 is 0 Å². The first kappa shape index (κ1) is 14.4. The van der Waals surface area contributed by atoms with Crippen LogP contribution in [-0.2, 0) is 23.9 Å². The molecule has 8 nitrogen and oxygen atoms in total. The number of epoxide rings is 1. The molecule has 3 N–H and O–H groups in total. The highest BCUT2D eigenvalue weighted by Crippen LogP contribution is 2.18. The van der Waals surface area contributed by atoms with Gasteiger partial charge in [-0.15, -0.1) is 0 Å². The molecule has 8 heteroatoms. The number of hydrogen-bond donors (Lipinski definition) is 3. The van der Waals surface area contributed by atoms with Gasteiger partial charge in [-0.05, 0) is 0 Å².